The van der Waals surface area contributed by atoms with Crippen LogP contribution in [0.4, 0.5) is 0 Å². The number of nitrogens with two attached hydrogens (primary N) is 1. The van der Waals surface area contributed by atoms with E-state index in [0.29, 0.717) is 0 Å². The number of aromatic nitrogens is 1. The maximum absolute atomic E-state index is 6.00. The lowest BCUT2D eigenvalue weighted by Crippen LogP contribution is -2.10. The van der Waals surface area contributed by atoms with Crippen LogP contribution in [0.15, 0.2) is 18.3 Å². The summed E-state index contributed by atoms with van der Waals surface area (Å²) in [6, 6.07) is 4.03. The molecule has 0 saturated carbocycles. The summed E-state index contributed by atoms with van der Waals surface area (Å²) in [5, 5.41) is 0. The molecule has 1 unspecified atom stereocenters. The summed E-state index contributed by atoms with van der Waals surface area (Å²) in [4.78, 5) is 2.99. The van der Waals surface area contributed by atoms with Crippen molar-refractivity contribution in [1.82, 2.24) is 4.98 Å². The van der Waals surface area contributed by atoms with Crippen LogP contribution in [0.1, 0.15) is 37.8 Å². The smallest absolute Gasteiger partial charge is 0.108 e. The number of nitrogens with one attached hydrogen (secondary N) is 1. The van der Waals surface area contributed by atoms with E-state index < -0.39 is 0 Å². The van der Waals surface area contributed by atoms with Crippen molar-refractivity contribution < 1.29 is 0 Å². The summed E-state index contributed by atoms with van der Waals surface area (Å²) >= 11 is 5.14. The lowest BCUT2D eigenvalue weighted by molar-refractivity contribution is 0.600. The Morgan fingerprint density at radius 3 is 3.00 bits per heavy atom. The quantitative estimate of drug-likeness (QED) is 0.727. The topological polar surface area (TPSA) is 41.8 Å². The van der Waals surface area contributed by atoms with Gasteiger partial charge in [-0.2, -0.15) is 0 Å². The van der Waals surface area contributed by atoms with Gasteiger partial charge in [0.15, 0.2) is 0 Å². The monoisotopic (exact) mass is 196 g/mol. The Morgan fingerprint density at radius 1 is 1.62 bits per heavy atom. The van der Waals surface area contributed by atoms with Gasteiger partial charge < -0.3 is 10.7 Å². The zero-order chi connectivity index (χ0) is 9.68. The second kappa shape index (κ2) is 5.14. The molecule has 0 aliphatic rings. The number of H-pyrrole nitrogens is 1. The van der Waals surface area contributed by atoms with Crippen molar-refractivity contribution in [2.45, 2.75) is 32.2 Å². The summed E-state index contributed by atoms with van der Waals surface area (Å²) in [5.41, 5.74) is 7.06. The Morgan fingerprint density at radius 2 is 2.38 bits per heavy atom. The van der Waals surface area contributed by atoms with E-state index >= 15 is 0 Å². The molecule has 0 aromatic carbocycles. The lowest BCUT2D eigenvalue weighted by atomic mass is 10.0. The first kappa shape index (κ1) is 10.4. The number of hydrogen-bond acceptors (Lipinski definition) is 2. The van der Waals surface area contributed by atoms with E-state index in [9.17, 15) is 0 Å². The standard InChI is InChI=1S/C10H16N2S/c1-2-3-6-9(11)8-5-4-7-12-10(8)13/h4-5,7,9H,2-3,6,11H2,1H3,(H,12,13). The van der Waals surface area contributed by atoms with Crippen LogP contribution in [-0.2, 0) is 0 Å². The highest BCUT2D eigenvalue weighted by atomic mass is 32.1. The van der Waals surface area contributed by atoms with E-state index in [4.69, 9.17) is 18.0 Å². The molecule has 1 aromatic rings. The van der Waals surface area contributed by atoms with Gasteiger partial charge in [0.05, 0.1) is 0 Å². The predicted octanol–water partition coefficient (Wildman–Crippen LogP) is 2.93. The molecule has 0 radical (unpaired) electrons. The van der Waals surface area contributed by atoms with Crippen LogP contribution in [0.3, 0.4) is 0 Å². The maximum atomic E-state index is 6.00. The SMILES string of the molecule is CCCCC(N)c1ccc[nH]c1=S. The van der Waals surface area contributed by atoms with Crippen LogP contribution in [0.5, 0.6) is 0 Å². The highest BCUT2D eigenvalue weighted by Crippen LogP contribution is 2.16. The first-order chi connectivity index (χ1) is 6.25. The van der Waals surface area contributed by atoms with Crippen LogP contribution < -0.4 is 5.73 Å². The third kappa shape index (κ3) is 2.94. The van der Waals surface area contributed by atoms with Crippen molar-refractivity contribution in [1.29, 1.82) is 0 Å². The van der Waals surface area contributed by atoms with E-state index in [-0.39, 0.29) is 6.04 Å². The Hall–Kier alpha value is -0.670. The summed E-state index contributed by atoms with van der Waals surface area (Å²) in [6.45, 7) is 2.17. The minimum absolute atomic E-state index is 0.0879. The Kier molecular flexibility index (Phi) is 4.12. The van der Waals surface area contributed by atoms with Gasteiger partial charge in [-0.3, -0.25) is 0 Å². The average molecular weight is 196 g/mol. The molecule has 72 valence electrons. The second-order valence-corrected chi connectivity index (χ2v) is 3.61. The summed E-state index contributed by atoms with van der Waals surface area (Å²) in [6.07, 6.45) is 5.18. The van der Waals surface area contributed by atoms with Gasteiger partial charge in [-0.05, 0) is 12.5 Å². The van der Waals surface area contributed by atoms with Gasteiger partial charge in [0, 0.05) is 17.8 Å². The van der Waals surface area contributed by atoms with Crippen molar-refractivity contribution in [3.8, 4) is 0 Å². The minimum atomic E-state index is 0.0879. The average Bonchev–Trinajstić information content (AvgIpc) is 2.15. The summed E-state index contributed by atoms with van der Waals surface area (Å²) < 4.78 is 0.770. The first-order valence-corrected chi connectivity index (χ1v) is 5.09. The number of rotatable bonds is 4. The van der Waals surface area contributed by atoms with Crippen LogP contribution in [0.25, 0.3) is 0 Å². The molecule has 0 saturated heterocycles. The number of pyridine rings is 1. The van der Waals surface area contributed by atoms with Gasteiger partial charge in [0.1, 0.15) is 4.64 Å². The highest BCUT2D eigenvalue weighted by molar-refractivity contribution is 7.71. The molecule has 0 amide bonds. The fourth-order valence-electron chi connectivity index (χ4n) is 1.31. The van der Waals surface area contributed by atoms with Crippen molar-refractivity contribution >= 4 is 12.2 Å². The number of aromatic amines is 1. The van der Waals surface area contributed by atoms with E-state index in [2.05, 4.69) is 11.9 Å². The van der Waals surface area contributed by atoms with Crippen molar-refractivity contribution in [3.63, 3.8) is 0 Å². The first-order valence-electron chi connectivity index (χ1n) is 4.69. The van der Waals surface area contributed by atoms with Gasteiger partial charge in [-0.1, -0.05) is 38.0 Å². The third-order valence-corrected chi connectivity index (χ3v) is 2.47. The normalized spacial score (nSPS) is 12.8. The van der Waals surface area contributed by atoms with Crippen molar-refractivity contribution in [2.24, 2.45) is 5.73 Å². The van der Waals surface area contributed by atoms with Crippen LogP contribution in [-0.4, -0.2) is 4.98 Å². The molecule has 3 N–H and O–H groups in total. The lowest BCUT2D eigenvalue weighted by Gasteiger charge is -2.10. The molecule has 3 heteroatoms. The minimum Gasteiger partial charge on any atom is -0.353 e. The Balaban J connectivity index is 2.71. The largest absolute Gasteiger partial charge is 0.353 e. The molecule has 1 aromatic heterocycles. The summed E-state index contributed by atoms with van der Waals surface area (Å²) in [7, 11) is 0. The molecule has 1 rings (SSSR count). The van der Waals surface area contributed by atoms with Crippen LogP contribution >= 0.6 is 12.2 Å². The predicted molar refractivity (Wildman–Crippen MR) is 58.1 cm³/mol. The van der Waals surface area contributed by atoms with Gasteiger partial charge in [-0.15, -0.1) is 0 Å². The molecular weight excluding hydrogens is 180 g/mol. The van der Waals surface area contributed by atoms with Gasteiger partial charge in [0.2, 0.25) is 0 Å². The molecule has 0 aliphatic carbocycles. The van der Waals surface area contributed by atoms with Gasteiger partial charge >= 0.3 is 0 Å². The fourth-order valence-corrected chi connectivity index (χ4v) is 1.59. The molecule has 0 spiro atoms. The van der Waals surface area contributed by atoms with Gasteiger partial charge in [-0.25, -0.2) is 0 Å². The van der Waals surface area contributed by atoms with E-state index in [1.54, 1.807) is 0 Å². The van der Waals surface area contributed by atoms with Crippen LogP contribution in [0.2, 0.25) is 0 Å². The molecule has 13 heavy (non-hydrogen) atoms. The molecule has 0 aliphatic heterocycles. The van der Waals surface area contributed by atoms with E-state index in [0.717, 1.165) is 23.0 Å². The molecule has 1 atom stereocenters. The Bertz CT molecular complexity index is 306. The zero-order valence-corrected chi connectivity index (χ0v) is 8.73. The maximum Gasteiger partial charge on any atom is 0.108 e. The zero-order valence-electron chi connectivity index (χ0n) is 7.92. The summed E-state index contributed by atoms with van der Waals surface area (Å²) in [5.74, 6) is 0. The van der Waals surface area contributed by atoms with Crippen LogP contribution in [0, 0.1) is 4.64 Å². The molecule has 0 fully saturated rings. The Labute approximate surface area is 84.2 Å². The van der Waals surface area contributed by atoms with Gasteiger partial charge in [0.25, 0.3) is 0 Å². The molecule has 2 nitrogen and oxygen atoms in total. The third-order valence-electron chi connectivity index (χ3n) is 2.12. The fraction of sp³-hybridized carbons (Fsp3) is 0.500. The van der Waals surface area contributed by atoms with E-state index in [1.807, 2.05) is 18.3 Å². The number of hydrogen-bond donors (Lipinski definition) is 2. The molecular formula is C10H16N2S. The second-order valence-electron chi connectivity index (χ2n) is 3.20. The highest BCUT2D eigenvalue weighted by Gasteiger charge is 2.05. The molecule has 0 bridgehead atoms. The van der Waals surface area contributed by atoms with E-state index in [1.165, 1.54) is 6.42 Å². The van der Waals surface area contributed by atoms with Crippen molar-refractivity contribution in [3.05, 3.63) is 28.5 Å². The van der Waals surface area contributed by atoms with Crippen molar-refractivity contribution in [2.75, 3.05) is 0 Å². The number of unbranched alkanes of at least 4 members (excludes halogenated alkanes) is 1. The molecule has 1 heterocycles.